The first-order valence-corrected chi connectivity index (χ1v) is 3.21. The molecule has 1 nitrogen and oxygen atoms in total. The van der Waals surface area contributed by atoms with Crippen LogP contribution in [0.3, 0.4) is 0 Å². The van der Waals surface area contributed by atoms with E-state index in [-0.39, 0.29) is 12.4 Å². The van der Waals surface area contributed by atoms with Gasteiger partial charge in [0.1, 0.15) is 6.04 Å². The third-order valence-electron chi connectivity index (χ3n) is 1.63. The molecule has 2 atom stereocenters. The highest BCUT2D eigenvalue weighted by Crippen LogP contribution is 2.24. The minimum Gasteiger partial charge on any atom is -0.320 e. The molecule has 0 radical (unpaired) electrons. The summed E-state index contributed by atoms with van der Waals surface area (Å²) < 4.78 is 35.3. The van der Waals surface area contributed by atoms with Crippen LogP contribution in [0.15, 0.2) is 0 Å². The molecule has 1 unspecified atom stereocenters. The van der Waals surface area contributed by atoms with Crippen LogP contribution in [-0.4, -0.2) is 12.2 Å². The summed E-state index contributed by atoms with van der Waals surface area (Å²) in [5.74, 6) is -0.486. The molecule has 0 fully saturated rings. The summed E-state index contributed by atoms with van der Waals surface area (Å²) in [7, 11) is 0. The summed E-state index contributed by atoms with van der Waals surface area (Å²) in [5.41, 5.74) is 4.88. The van der Waals surface area contributed by atoms with E-state index in [2.05, 4.69) is 0 Å². The molecule has 70 valence electrons. The highest BCUT2D eigenvalue weighted by atomic mass is 35.5. The first kappa shape index (κ1) is 13.6. The van der Waals surface area contributed by atoms with E-state index in [1.807, 2.05) is 0 Å². The van der Waals surface area contributed by atoms with E-state index < -0.39 is 18.1 Å². The van der Waals surface area contributed by atoms with E-state index in [1.165, 1.54) is 6.92 Å². The van der Waals surface area contributed by atoms with Crippen LogP contribution in [-0.2, 0) is 0 Å². The summed E-state index contributed by atoms with van der Waals surface area (Å²) >= 11 is 0. The van der Waals surface area contributed by atoms with Crippen LogP contribution in [0.2, 0.25) is 0 Å². The molecule has 0 heterocycles. The first-order valence-electron chi connectivity index (χ1n) is 3.21. The van der Waals surface area contributed by atoms with E-state index in [9.17, 15) is 13.2 Å². The molecule has 0 saturated heterocycles. The Bertz CT molecular complexity index is 104. The molecule has 0 bridgehead atoms. The SMILES string of the molecule is CCC(C)[C@H](N)C(F)(F)F.Cl. The van der Waals surface area contributed by atoms with Gasteiger partial charge < -0.3 is 5.73 Å². The van der Waals surface area contributed by atoms with Gasteiger partial charge in [0, 0.05) is 0 Å². The maximum absolute atomic E-state index is 11.8. The van der Waals surface area contributed by atoms with Crippen LogP contribution in [0.1, 0.15) is 20.3 Å². The van der Waals surface area contributed by atoms with E-state index in [0.29, 0.717) is 6.42 Å². The lowest BCUT2D eigenvalue weighted by molar-refractivity contribution is -0.157. The fourth-order valence-corrected chi connectivity index (χ4v) is 0.577. The number of alkyl halides is 3. The molecule has 0 aliphatic carbocycles. The van der Waals surface area contributed by atoms with Gasteiger partial charge in [0.2, 0.25) is 0 Å². The smallest absolute Gasteiger partial charge is 0.320 e. The Morgan fingerprint density at radius 3 is 1.82 bits per heavy atom. The van der Waals surface area contributed by atoms with E-state index >= 15 is 0 Å². The molecular formula is C6H13ClF3N. The van der Waals surface area contributed by atoms with Crippen molar-refractivity contribution in [1.29, 1.82) is 0 Å². The van der Waals surface area contributed by atoms with Crippen LogP contribution >= 0.6 is 12.4 Å². The van der Waals surface area contributed by atoms with Crippen molar-refractivity contribution < 1.29 is 13.2 Å². The zero-order valence-corrected chi connectivity index (χ0v) is 7.30. The summed E-state index contributed by atoms with van der Waals surface area (Å²) in [6, 6.07) is -1.67. The molecule has 0 amide bonds. The second kappa shape index (κ2) is 4.83. The zero-order chi connectivity index (χ0) is 8.36. The average Bonchev–Trinajstić information content (AvgIpc) is 1.83. The van der Waals surface area contributed by atoms with Gasteiger partial charge in [-0.25, -0.2) is 0 Å². The van der Waals surface area contributed by atoms with Gasteiger partial charge in [0.25, 0.3) is 0 Å². The van der Waals surface area contributed by atoms with E-state index in [1.54, 1.807) is 6.92 Å². The summed E-state index contributed by atoms with van der Waals surface area (Å²) in [6.07, 6.45) is -3.78. The number of hydrogen-bond acceptors (Lipinski definition) is 1. The molecule has 0 rings (SSSR count). The third-order valence-corrected chi connectivity index (χ3v) is 1.63. The Morgan fingerprint density at radius 1 is 1.36 bits per heavy atom. The molecule has 0 aromatic rings. The molecule has 0 saturated carbocycles. The normalized spacial score (nSPS) is 16.9. The van der Waals surface area contributed by atoms with Crippen LogP contribution in [0, 0.1) is 5.92 Å². The summed E-state index contributed by atoms with van der Waals surface area (Å²) in [6.45, 7) is 3.19. The van der Waals surface area contributed by atoms with Gasteiger partial charge in [0.15, 0.2) is 0 Å². The number of rotatable bonds is 2. The van der Waals surface area contributed by atoms with Crippen molar-refractivity contribution in [1.82, 2.24) is 0 Å². The van der Waals surface area contributed by atoms with Crippen LogP contribution in [0.25, 0.3) is 0 Å². The van der Waals surface area contributed by atoms with Crippen molar-refractivity contribution in [2.24, 2.45) is 11.7 Å². The van der Waals surface area contributed by atoms with Crippen LogP contribution in [0.5, 0.6) is 0 Å². The molecular weight excluding hydrogens is 179 g/mol. The van der Waals surface area contributed by atoms with Crippen molar-refractivity contribution in [3.8, 4) is 0 Å². The average molecular weight is 192 g/mol. The van der Waals surface area contributed by atoms with Crippen molar-refractivity contribution in [2.45, 2.75) is 32.5 Å². The molecule has 11 heavy (non-hydrogen) atoms. The summed E-state index contributed by atoms with van der Waals surface area (Å²) in [5, 5.41) is 0. The minimum atomic E-state index is -4.24. The third kappa shape index (κ3) is 4.48. The topological polar surface area (TPSA) is 26.0 Å². The quantitative estimate of drug-likeness (QED) is 0.713. The van der Waals surface area contributed by atoms with E-state index in [4.69, 9.17) is 5.73 Å². The molecule has 0 spiro atoms. The van der Waals surface area contributed by atoms with Gasteiger partial charge in [-0.2, -0.15) is 13.2 Å². The Morgan fingerprint density at radius 2 is 1.73 bits per heavy atom. The minimum absolute atomic E-state index is 0. The highest BCUT2D eigenvalue weighted by molar-refractivity contribution is 5.85. The molecule has 0 aliphatic rings. The van der Waals surface area contributed by atoms with Gasteiger partial charge in [-0.3, -0.25) is 0 Å². The van der Waals surface area contributed by atoms with Gasteiger partial charge in [-0.05, 0) is 5.92 Å². The van der Waals surface area contributed by atoms with Crippen molar-refractivity contribution >= 4 is 12.4 Å². The lowest BCUT2D eigenvalue weighted by Crippen LogP contribution is -2.42. The summed E-state index contributed by atoms with van der Waals surface area (Å²) in [4.78, 5) is 0. The standard InChI is InChI=1S/C6H12F3N.ClH/c1-3-4(2)5(10)6(7,8)9;/h4-5H,3,10H2,1-2H3;1H/t4?,5-;/m0./s1. The predicted octanol–water partition coefficient (Wildman–Crippen LogP) is 2.34. The zero-order valence-electron chi connectivity index (χ0n) is 6.48. The fraction of sp³-hybridized carbons (Fsp3) is 1.00. The van der Waals surface area contributed by atoms with E-state index in [0.717, 1.165) is 0 Å². The lowest BCUT2D eigenvalue weighted by atomic mass is 10.00. The second-order valence-electron chi connectivity index (χ2n) is 2.45. The molecule has 2 N–H and O–H groups in total. The van der Waals surface area contributed by atoms with Crippen LogP contribution in [0.4, 0.5) is 13.2 Å². The Balaban J connectivity index is 0. The largest absolute Gasteiger partial charge is 0.403 e. The number of hydrogen-bond donors (Lipinski definition) is 1. The first-order chi connectivity index (χ1) is 4.39. The second-order valence-corrected chi connectivity index (χ2v) is 2.45. The van der Waals surface area contributed by atoms with Gasteiger partial charge >= 0.3 is 6.18 Å². The Kier molecular flexibility index (Phi) is 5.97. The predicted molar refractivity (Wildman–Crippen MR) is 40.7 cm³/mol. The molecule has 0 aromatic carbocycles. The van der Waals surface area contributed by atoms with Gasteiger partial charge in [-0.1, -0.05) is 20.3 Å². The fourth-order valence-electron chi connectivity index (χ4n) is 0.577. The Labute approximate surface area is 70.6 Å². The molecule has 0 aromatic heterocycles. The number of nitrogens with two attached hydrogens (primary N) is 1. The van der Waals surface area contributed by atoms with Crippen molar-refractivity contribution in [3.63, 3.8) is 0 Å². The molecule has 0 aliphatic heterocycles. The number of halogens is 4. The Hall–Kier alpha value is 0.0400. The highest BCUT2D eigenvalue weighted by Gasteiger charge is 2.39. The van der Waals surface area contributed by atoms with Crippen LogP contribution < -0.4 is 5.73 Å². The lowest BCUT2D eigenvalue weighted by Gasteiger charge is -2.20. The van der Waals surface area contributed by atoms with Gasteiger partial charge in [0.05, 0.1) is 0 Å². The van der Waals surface area contributed by atoms with Crippen molar-refractivity contribution in [2.75, 3.05) is 0 Å². The monoisotopic (exact) mass is 191 g/mol. The maximum Gasteiger partial charge on any atom is 0.403 e. The van der Waals surface area contributed by atoms with Gasteiger partial charge in [-0.15, -0.1) is 12.4 Å². The van der Waals surface area contributed by atoms with Crippen molar-refractivity contribution in [3.05, 3.63) is 0 Å². The molecule has 5 heteroatoms. The maximum atomic E-state index is 11.8.